The van der Waals surface area contributed by atoms with Gasteiger partial charge in [-0.15, -0.1) is 0 Å². The van der Waals surface area contributed by atoms with Gasteiger partial charge in [0.05, 0.1) is 19.3 Å². The third kappa shape index (κ3) is 2.22. The van der Waals surface area contributed by atoms with E-state index in [0.717, 1.165) is 5.82 Å². The van der Waals surface area contributed by atoms with Crippen molar-refractivity contribution in [3.63, 3.8) is 0 Å². The number of nitrogens with one attached hydrogen (secondary N) is 2. The Bertz CT molecular complexity index is 454. The second-order valence-electron chi connectivity index (χ2n) is 3.18. The molecule has 4 N–H and O–H groups in total. The number of nitrogens with zero attached hydrogens (tertiary/aromatic N) is 2. The summed E-state index contributed by atoms with van der Waals surface area (Å²) in [5, 5.41) is 3.08. The Kier molecular flexibility index (Phi) is 2.90. The molecule has 0 atom stereocenters. The maximum atomic E-state index is 5.77. The number of H-pyrrole nitrogens is 1. The van der Waals surface area contributed by atoms with Crippen molar-refractivity contribution in [2.75, 3.05) is 18.2 Å². The van der Waals surface area contributed by atoms with Crippen molar-refractivity contribution in [2.24, 2.45) is 0 Å². The summed E-state index contributed by atoms with van der Waals surface area (Å²) in [7, 11) is 1.56. The van der Waals surface area contributed by atoms with Gasteiger partial charge in [0.25, 0.3) is 0 Å². The van der Waals surface area contributed by atoms with Crippen molar-refractivity contribution in [1.29, 1.82) is 0 Å². The largest absolute Gasteiger partial charge is 0.481 e. The average molecular weight is 219 g/mol. The lowest BCUT2D eigenvalue weighted by Crippen LogP contribution is -2.06. The first-order chi connectivity index (χ1) is 7.79. The molecule has 0 radical (unpaired) electrons. The normalized spacial score (nSPS) is 10.1. The van der Waals surface area contributed by atoms with E-state index in [-0.39, 0.29) is 0 Å². The molecule has 0 aliphatic rings. The highest BCUT2D eigenvalue weighted by molar-refractivity contribution is 5.61. The quantitative estimate of drug-likeness (QED) is 0.714. The summed E-state index contributed by atoms with van der Waals surface area (Å²) >= 11 is 0. The van der Waals surface area contributed by atoms with Crippen molar-refractivity contribution in [1.82, 2.24) is 15.0 Å². The van der Waals surface area contributed by atoms with E-state index in [1.54, 1.807) is 31.6 Å². The fourth-order valence-electron chi connectivity index (χ4n) is 1.27. The topological polar surface area (TPSA) is 88.9 Å². The van der Waals surface area contributed by atoms with E-state index in [1.165, 1.54) is 0 Å². The van der Waals surface area contributed by atoms with Gasteiger partial charge in [-0.05, 0) is 6.07 Å². The van der Waals surface area contributed by atoms with Gasteiger partial charge in [-0.1, -0.05) is 0 Å². The van der Waals surface area contributed by atoms with Gasteiger partial charge in [0.15, 0.2) is 5.82 Å². The van der Waals surface area contributed by atoms with Crippen LogP contribution in [0.2, 0.25) is 0 Å². The van der Waals surface area contributed by atoms with Crippen molar-refractivity contribution in [3.05, 3.63) is 30.4 Å². The molecule has 84 valence electrons. The van der Waals surface area contributed by atoms with Crippen LogP contribution in [-0.4, -0.2) is 22.1 Å². The van der Waals surface area contributed by atoms with Crippen LogP contribution in [0.1, 0.15) is 5.82 Å². The summed E-state index contributed by atoms with van der Waals surface area (Å²) < 4.78 is 5.02. The first-order valence-electron chi connectivity index (χ1n) is 4.82. The summed E-state index contributed by atoms with van der Waals surface area (Å²) in [5.74, 6) is 1.94. The highest BCUT2D eigenvalue weighted by Crippen LogP contribution is 2.19. The number of aromatic amines is 1. The molecule has 2 aromatic rings. The summed E-state index contributed by atoms with van der Waals surface area (Å²) in [6, 6.07) is 3.46. The standard InChI is InChI=1S/C10H13N5O/c1-16-9-3-2-7(11)10(15-9)14-6-8-12-4-5-13-8/h2-5H,6,11H2,1H3,(H,12,13)(H,14,15). The first kappa shape index (κ1) is 10.3. The number of nitrogen functional groups attached to an aromatic ring is 1. The Morgan fingerprint density at radius 2 is 2.38 bits per heavy atom. The van der Waals surface area contributed by atoms with Gasteiger partial charge < -0.3 is 20.8 Å². The molecule has 0 unspecified atom stereocenters. The molecular formula is C10H13N5O. The highest BCUT2D eigenvalue weighted by Gasteiger charge is 2.03. The molecular weight excluding hydrogens is 206 g/mol. The molecule has 2 rings (SSSR count). The second kappa shape index (κ2) is 4.52. The third-order valence-corrected chi connectivity index (χ3v) is 2.09. The van der Waals surface area contributed by atoms with E-state index in [9.17, 15) is 0 Å². The molecule has 0 saturated carbocycles. The van der Waals surface area contributed by atoms with E-state index in [0.29, 0.717) is 23.9 Å². The van der Waals surface area contributed by atoms with Gasteiger partial charge in [0.1, 0.15) is 5.82 Å². The Morgan fingerprint density at radius 1 is 1.50 bits per heavy atom. The monoisotopic (exact) mass is 219 g/mol. The smallest absolute Gasteiger partial charge is 0.215 e. The van der Waals surface area contributed by atoms with Crippen molar-refractivity contribution in [3.8, 4) is 5.88 Å². The second-order valence-corrected chi connectivity index (χ2v) is 3.18. The maximum Gasteiger partial charge on any atom is 0.215 e. The lowest BCUT2D eigenvalue weighted by Gasteiger charge is -2.08. The van der Waals surface area contributed by atoms with Crippen molar-refractivity contribution in [2.45, 2.75) is 6.54 Å². The molecule has 0 aliphatic carbocycles. The Labute approximate surface area is 92.9 Å². The lowest BCUT2D eigenvalue weighted by molar-refractivity contribution is 0.398. The zero-order chi connectivity index (χ0) is 11.4. The van der Waals surface area contributed by atoms with E-state index < -0.39 is 0 Å². The van der Waals surface area contributed by atoms with Crippen molar-refractivity contribution < 1.29 is 4.74 Å². The van der Waals surface area contributed by atoms with Crippen LogP contribution in [0.3, 0.4) is 0 Å². The molecule has 0 saturated heterocycles. The van der Waals surface area contributed by atoms with Gasteiger partial charge in [-0.2, -0.15) is 4.98 Å². The van der Waals surface area contributed by atoms with Gasteiger partial charge in [-0.25, -0.2) is 4.98 Å². The summed E-state index contributed by atoms with van der Waals surface area (Å²) in [6.45, 7) is 0.539. The number of anilines is 2. The third-order valence-electron chi connectivity index (χ3n) is 2.09. The van der Waals surface area contributed by atoms with Gasteiger partial charge >= 0.3 is 0 Å². The number of aromatic nitrogens is 3. The van der Waals surface area contributed by atoms with E-state index in [2.05, 4.69) is 20.3 Å². The highest BCUT2D eigenvalue weighted by atomic mass is 16.5. The fourth-order valence-corrected chi connectivity index (χ4v) is 1.27. The van der Waals surface area contributed by atoms with Crippen LogP contribution in [0.5, 0.6) is 5.88 Å². The molecule has 0 aliphatic heterocycles. The molecule has 0 fully saturated rings. The number of rotatable bonds is 4. The Morgan fingerprint density at radius 3 is 3.06 bits per heavy atom. The molecule has 16 heavy (non-hydrogen) atoms. The lowest BCUT2D eigenvalue weighted by atomic mass is 10.4. The number of ether oxygens (including phenoxy) is 1. The molecule has 6 heteroatoms. The van der Waals surface area contributed by atoms with Crippen LogP contribution in [0.15, 0.2) is 24.5 Å². The number of methoxy groups -OCH3 is 1. The number of hydrogen-bond acceptors (Lipinski definition) is 5. The van der Waals surface area contributed by atoms with E-state index in [4.69, 9.17) is 10.5 Å². The Hall–Kier alpha value is -2.24. The van der Waals surface area contributed by atoms with Crippen LogP contribution < -0.4 is 15.8 Å². The van der Waals surface area contributed by atoms with Crippen LogP contribution in [0.25, 0.3) is 0 Å². The molecule has 0 bridgehead atoms. The summed E-state index contributed by atoms with van der Waals surface area (Å²) in [5.41, 5.74) is 6.35. The molecule has 6 nitrogen and oxygen atoms in total. The number of imidazole rings is 1. The zero-order valence-corrected chi connectivity index (χ0v) is 8.90. The van der Waals surface area contributed by atoms with Crippen LogP contribution in [0.4, 0.5) is 11.5 Å². The SMILES string of the molecule is COc1ccc(N)c(NCc2ncc[nH]2)n1. The van der Waals surface area contributed by atoms with Crippen molar-refractivity contribution >= 4 is 11.5 Å². The predicted molar refractivity (Wildman–Crippen MR) is 61.1 cm³/mol. The molecule has 0 spiro atoms. The first-order valence-corrected chi connectivity index (χ1v) is 4.82. The molecule has 0 aromatic carbocycles. The maximum absolute atomic E-state index is 5.77. The minimum atomic E-state index is 0.524. The molecule has 2 heterocycles. The van der Waals surface area contributed by atoms with Gasteiger partial charge in [0, 0.05) is 18.5 Å². The van der Waals surface area contributed by atoms with Crippen LogP contribution >= 0.6 is 0 Å². The Balaban J connectivity index is 2.08. The summed E-state index contributed by atoms with van der Waals surface area (Å²) in [6.07, 6.45) is 3.46. The zero-order valence-electron chi connectivity index (χ0n) is 8.90. The summed E-state index contributed by atoms with van der Waals surface area (Å²) in [4.78, 5) is 11.3. The fraction of sp³-hybridized carbons (Fsp3) is 0.200. The minimum absolute atomic E-state index is 0.524. The van der Waals surface area contributed by atoms with Gasteiger partial charge in [-0.3, -0.25) is 0 Å². The number of hydrogen-bond donors (Lipinski definition) is 3. The molecule has 0 amide bonds. The minimum Gasteiger partial charge on any atom is -0.481 e. The van der Waals surface area contributed by atoms with Crippen LogP contribution in [0, 0.1) is 0 Å². The van der Waals surface area contributed by atoms with E-state index >= 15 is 0 Å². The van der Waals surface area contributed by atoms with Crippen LogP contribution in [-0.2, 0) is 6.54 Å². The van der Waals surface area contributed by atoms with Gasteiger partial charge in [0.2, 0.25) is 5.88 Å². The number of pyridine rings is 1. The average Bonchev–Trinajstić information content (AvgIpc) is 2.81. The predicted octanol–water partition coefficient (Wildman–Crippen LogP) is 1.01. The number of nitrogens with two attached hydrogens (primary N) is 1. The van der Waals surface area contributed by atoms with E-state index in [1.807, 2.05) is 0 Å². The molecule has 2 aromatic heterocycles.